The predicted octanol–water partition coefficient (Wildman–Crippen LogP) is 2.81. The molecule has 7 heteroatoms. The number of hydrogen-bond acceptors (Lipinski definition) is 3. The molecule has 0 aromatic heterocycles. The first-order valence-corrected chi connectivity index (χ1v) is 7.65. The lowest BCUT2D eigenvalue weighted by molar-refractivity contribution is -0.113. The number of halogens is 2. The van der Waals surface area contributed by atoms with E-state index in [2.05, 4.69) is 5.32 Å². The van der Waals surface area contributed by atoms with Crippen LogP contribution < -0.4 is 11.1 Å². The summed E-state index contributed by atoms with van der Waals surface area (Å²) in [5.41, 5.74) is 5.98. The molecule has 0 aliphatic carbocycles. The third kappa shape index (κ3) is 4.03. The molecule has 0 radical (unpaired) electrons. The first-order valence-electron chi connectivity index (χ1n) is 5.95. The molecule has 110 valence electrons. The summed E-state index contributed by atoms with van der Waals surface area (Å²) in [4.78, 5) is 12.2. The van der Waals surface area contributed by atoms with E-state index in [1.807, 2.05) is 0 Å². The molecule has 0 saturated carbocycles. The summed E-state index contributed by atoms with van der Waals surface area (Å²) in [6.45, 7) is 0. The van der Waals surface area contributed by atoms with Crippen molar-refractivity contribution in [2.24, 2.45) is 0 Å². The highest BCUT2D eigenvalue weighted by molar-refractivity contribution is 7.85. The van der Waals surface area contributed by atoms with E-state index in [4.69, 9.17) is 17.3 Å². The van der Waals surface area contributed by atoms with Gasteiger partial charge in [-0.3, -0.25) is 9.00 Å². The molecule has 0 fully saturated rings. The normalized spacial score (nSPS) is 11.9. The third-order valence-corrected chi connectivity index (χ3v) is 4.28. The van der Waals surface area contributed by atoms with Gasteiger partial charge in [-0.25, -0.2) is 4.39 Å². The van der Waals surface area contributed by atoms with Crippen molar-refractivity contribution < 1.29 is 13.4 Å². The summed E-state index contributed by atoms with van der Waals surface area (Å²) in [5.74, 6) is -1.40. The number of carbonyl (C=O) groups is 1. The van der Waals surface area contributed by atoms with Gasteiger partial charge in [0.1, 0.15) is 11.6 Å². The Kier molecular flexibility index (Phi) is 4.93. The predicted molar refractivity (Wildman–Crippen MR) is 82.2 cm³/mol. The van der Waals surface area contributed by atoms with Gasteiger partial charge in [0.15, 0.2) is 0 Å². The number of para-hydroxylation sites is 1. The molecule has 0 bridgehead atoms. The molecule has 0 spiro atoms. The van der Waals surface area contributed by atoms with Crippen LogP contribution in [0.25, 0.3) is 0 Å². The van der Waals surface area contributed by atoms with Gasteiger partial charge in [0.2, 0.25) is 5.91 Å². The van der Waals surface area contributed by atoms with Gasteiger partial charge in [0.25, 0.3) is 0 Å². The van der Waals surface area contributed by atoms with Crippen molar-refractivity contribution in [2.75, 3.05) is 16.8 Å². The highest BCUT2D eigenvalue weighted by atomic mass is 35.5. The first-order chi connectivity index (χ1) is 9.97. The van der Waals surface area contributed by atoms with E-state index in [9.17, 15) is 13.4 Å². The second-order valence-electron chi connectivity index (χ2n) is 4.20. The van der Waals surface area contributed by atoms with Crippen molar-refractivity contribution in [3.05, 3.63) is 53.3 Å². The fourth-order valence-corrected chi connectivity index (χ4v) is 2.79. The van der Waals surface area contributed by atoms with Gasteiger partial charge in [0.05, 0.1) is 27.2 Å². The van der Waals surface area contributed by atoms with Crippen LogP contribution in [0.1, 0.15) is 0 Å². The van der Waals surface area contributed by atoms with Gasteiger partial charge in [0, 0.05) is 4.90 Å². The zero-order valence-corrected chi connectivity index (χ0v) is 12.4. The Hall–Kier alpha value is -1.92. The van der Waals surface area contributed by atoms with Crippen LogP contribution in [0.4, 0.5) is 15.8 Å². The van der Waals surface area contributed by atoms with Gasteiger partial charge in [-0.2, -0.15) is 0 Å². The summed E-state index contributed by atoms with van der Waals surface area (Å²) in [7, 11) is -1.59. The highest BCUT2D eigenvalue weighted by Crippen LogP contribution is 2.22. The van der Waals surface area contributed by atoms with Crippen molar-refractivity contribution in [1.82, 2.24) is 0 Å². The maximum atomic E-state index is 13.4. The zero-order valence-electron chi connectivity index (χ0n) is 10.8. The van der Waals surface area contributed by atoms with Crippen molar-refractivity contribution in [3.63, 3.8) is 0 Å². The number of hydrogen-bond donors (Lipinski definition) is 2. The molecule has 1 unspecified atom stereocenters. The van der Waals surface area contributed by atoms with E-state index < -0.39 is 22.5 Å². The lowest BCUT2D eigenvalue weighted by Crippen LogP contribution is -2.20. The number of amides is 1. The summed E-state index contributed by atoms with van der Waals surface area (Å²) in [5, 5.41) is 2.65. The van der Waals surface area contributed by atoms with Crippen molar-refractivity contribution in [3.8, 4) is 0 Å². The Bertz CT molecular complexity index is 709. The maximum absolute atomic E-state index is 13.4. The van der Waals surface area contributed by atoms with Gasteiger partial charge in [-0.15, -0.1) is 0 Å². The van der Waals surface area contributed by atoms with Gasteiger partial charge < -0.3 is 11.1 Å². The Labute approximate surface area is 128 Å². The van der Waals surface area contributed by atoms with Crippen LogP contribution in [0.2, 0.25) is 5.02 Å². The minimum absolute atomic E-state index is 0.0508. The number of anilines is 2. The summed E-state index contributed by atoms with van der Waals surface area (Å²) >= 11 is 5.84. The van der Waals surface area contributed by atoms with Crippen molar-refractivity contribution >= 4 is 39.7 Å². The molecular formula is C14H12ClFN2O2S. The standard InChI is InChI=1S/C14H12ClFN2O2S/c15-10-7-9(5-6-12(10)17)21(20)8-14(19)18-13-4-2-1-3-11(13)16/h1-7H,8,17H2,(H,18,19). The number of carbonyl (C=O) groups excluding carboxylic acids is 1. The Morgan fingerprint density at radius 1 is 1.29 bits per heavy atom. The number of nitrogens with one attached hydrogen (secondary N) is 1. The molecule has 2 rings (SSSR count). The van der Waals surface area contributed by atoms with E-state index in [1.54, 1.807) is 6.07 Å². The molecule has 4 nitrogen and oxygen atoms in total. The van der Waals surface area contributed by atoms with Crippen LogP contribution >= 0.6 is 11.6 Å². The first kappa shape index (κ1) is 15.5. The van der Waals surface area contributed by atoms with Crippen molar-refractivity contribution in [2.45, 2.75) is 4.90 Å². The van der Waals surface area contributed by atoms with Crippen molar-refractivity contribution in [1.29, 1.82) is 0 Å². The van der Waals surface area contributed by atoms with Crippen LogP contribution in [0, 0.1) is 5.82 Å². The molecule has 1 amide bonds. The second-order valence-corrected chi connectivity index (χ2v) is 6.06. The maximum Gasteiger partial charge on any atom is 0.237 e. The Morgan fingerprint density at radius 3 is 2.67 bits per heavy atom. The Balaban J connectivity index is 2.04. The SMILES string of the molecule is Nc1ccc(S(=O)CC(=O)Nc2ccccc2F)cc1Cl. The largest absolute Gasteiger partial charge is 0.398 e. The van der Waals surface area contributed by atoms with E-state index in [-0.39, 0.29) is 16.5 Å². The fourth-order valence-electron chi connectivity index (χ4n) is 1.60. The number of nitrogens with two attached hydrogens (primary N) is 1. The molecule has 21 heavy (non-hydrogen) atoms. The monoisotopic (exact) mass is 326 g/mol. The number of rotatable bonds is 4. The van der Waals surface area contributed by atoms with Crippen LogP contribution in [-0.4, -0.2) is 15.9 Å². The third-order valence-electron chi connectivity index (χ3n) is 2.64. The smallest absolute Gasteiger partial charge is 0.237 e. The minimum atomic E-state index is -1.59. The van der Waals surface area contributed by atoms with E-state index in [0.29, 0.717) is 10.6 Å². The molecule has 0 heterocycles. The summed E-state index contributed by atoms with van der Waals surface area (Å²) < 4.78 is 25.4. The minimum Gasteiger partial charge on any atom is -0.398 e. The van der Waals surface area contributed by atoms with E-state index in [1.165, 1.54) is 36.4 Å². The average molecular weight is 327 g/mol. The molecule has 2 aromatic rings. The molecule has 3 N–H and O–H groups in total. The molecule has 0 aliphatic heterocycles. The van der Waals surface area contributed by atoms with Crippen LogP contribution in [0.3, 0.4) is 0 Å². The van der Waals surface area contributed by atoms with Gasteiger partial charge in [-0.05, 0) is 30.3 Å². The highest BCUT2D eigenvalue weighted by Gasteiger charge is 2.13. The molecule has 0 aliphatic rings. The second kappa shape index (κ2) is 6.69. The molecule has 0 saturated heterocycles. The lowest BCUT2D eigenvalue weighted by Gasteiger charge is -2.07. The summed E-state index contributed by atoms with van der Waals surface area (Å²) in [6.07, 6.45) is 0. The fraction of sp³-hybridized carbons (Fsp3) is 0.0714. The zero-order chi connectivity index (χ0) is 15.4. The van der Waals surface area contributed by atoms with Crippen LogP contribution in [0.15, 0.2) is 47.4 Å². The average Bonchev–Trinajstić information content (AvgIpc) is 2.44. The Morgan fingerprint density at radius 2 is 2.00 bits per heavy atom. The lowest BCUT2D eigenvalue weighted by atomic mass is 10.3. The quantitative estimate of drug-likeness (QED) is 0.849. The van der Waals surface area contributed by atoms with E-state index in [0.717, 1.165) is 0 Å². The molecular weight excluding hydrogens is 315 g/mol. The van der Waals surface area contributed by atoms with Crippen LogP contribution in [-0.2, 0) is 15.6 Å². The number of benzene rings is 2. The van der Waals surface area contributed by atoms with Gasteiger partial charge >= 0.3 is 0 Å². The molecule has 1 atom stereocenters. The van der Waals surface area contributed by atoms with Crippen LogP contribution in [0.5, 0.6) is 0 Å². The van der Waals surface area contributed by atoms with E-state index >= 15 is 0 Å². The number of nitrogen functional groups attached to an aromatic ring is 1. The summed E-state index contributed by atoms with van der Waals surface area (Å²) in [6, 6.07) is 10.3. The molecule has 2 aromatic carbocycles. The topological polar surface area (TPSA) is 72.2 Å². The van der Waals surface area contributed by atoms with Gasteiger partial charge in [-0.1, -0.05) is 23.7 Å².